The molecular weight excluding hydrogens is 264 g/mol. The van der Waals surface area contributed by atoms with Crippen molar-refractivity contribution in [3.8, 4) is 0 Å². The number of unbranched alkanes of at least 4 members (excludes halogenated alkanes) is 9. The minimum Gasteiger partial charge on any atom is -0.478 e. The predicted molar refractivity (Wildman–Crippen MR) is 87.3 cm³/mol. The zero-order valence-corrected chi connectivity index (χ0v) is 12.9. The van der Waals surface area contributed by atoms with Gasteiger partial charge in [-0.25, -0.2) is 4.79 Å². The molecule has 0 fully saturated rings. The second kappa shape index (κ2) is 16.4. The van der Waals surface area contributed by atoms with E-state index in [1.807, 2.05) is 12.2 Å². The molecule has 0 radical (unpaired) electrons. The van der Waals surface area contributed by atoms with Crippen molar-refractivity contribution in [2.75, 3.05) is 0 Å². The van der Waals surface area contributed by atoms with Crippen LogP contribution in [0.25, 0.3) is 0 Å². The van der Waals surface area contributed by atoms with Crippen molar-refractivity contribution in [3.63, 3.8) is 0 Å². The molecule has 0 aliphatic heterocycles. The molecule has 118 valence electrons. The highest BCUT2D eigenvalue weighted by molar-refractivity contribution is 5.80. The summed E-state index contributed by atoms with van der Waals surface area (Å²) in [5.74, 6) is -0.924. The number of carboxylic acids is 1. The van der Waals surface area contributed by atoms with Gasteiger partial charge in [0.1, 0.15) is 6.29 Å². The van der Waals surface area contributed by atoms with Crippen molar-refractivity contribution in [1.29, 1.82) is 0 Å². The Labute approximate surface area is 128 Å². The fraction of sp³-hybridized carbons (Fsp3) is 0.556. The van der Waals surface area contributed by atoms with Crippen molar-refractivity contribution >= 4 is 12.3 Å². The minimum atomic E-state index is -0.924. The predicted octanol–water partition coefficient (Wildman–Crippen LogP) is 4.84. The standard InChI is InChI=1S/C18H28O3/c19-17-15-13-11-9-7-5-3-1-2-4-6-8-10-12-14-16-18(20)21/h6,8,10,12,14,16-17H,1-5,7,9,11,13,15H2,(H,20,21). The van der Waals surface area contributed by atoms with Crippen LogP contribution in [0.15, 0.2) is 36.5 Å². The average molecular weight is 292 g/mol. The van der Waals surface area contributed by atoms with Crippen LogP contribution >= 0.6 is 0 Å². The van der Waals surface area contributed by atoms with Crippen LogP contribution in [0.4, 0.5) is 0 Å². The molecule has 0 spiro atoms. The molecule has 0 aromatic rings. The van der Waals surface area contributed by atoms with Gasteiger partial charge < -0.3 is 9.90 Å². The average Bonchev–Trinajstić information content (AvgIpc) is 2.46. The first kappa shape index (κ1) is 19.4. The van der Waals surface area contributed by atoms with Crippen LogP contribution in [0, 0.1) is 0 Å². The fourth-order valence-electron chi connectivity index (χ4n) is 1.99. The number of allylic oxidation sites excluding steroid dienone is 5. The van der Waals surface area contributed by atoms with Crippen molar-refractivity contribution < 1.29 is 14.7 Å². The Morgan fingerprint density at radius 1 is 0.714 bits per heavy atom. The fourth-order valence-corrected chi connectivity index (χ4v) is 1.99. The Balaban J connectivity index is 3.25. The maximum Gasteiger partial charge on any atom is 0.328 e. The molecule has 0 heterocycles. The van der Waals surface area contributed by atoms with Gasteiger partial charge in [-0.2, -0.15) is 0 Å². The van der Waals surface area contributed by atoms with Gasteiger partial charge >= 0.3 is 5.97 Å². The number of carbonyl (C=O) groups is 2. The number of carbonyl (C=O) groups excluding carboxylic acids is 1. The summed E-state index contributed by atoms with van der Waals surface area (Å²) < 4.78 is 0. The maximum atomic E-state index is 10.2. The molecule has 0 saturated heterocycles. The van der Waals surface area contributed by atoms with Crippen LogP contribution in [0.2, 0.25) is 0 Å². The molecule has 0 atom stereocenters. The zero-order valence-electron chi connectivity index (χ0n) is 12.9. The summed E-state index contributed by atoms with van der Waals surface area (Å²) in [4.78, 5) is 20.3. The van der Waals surface area contributed by atoms with Gasteiger partial charge in [0.05, 0.1) is 0 Å². The molecular formula is C18H28O3. The van der Waals surface area contributed by atoms with Crippen molar-refractivity contribution in [1.82, 2.24) is 0 Å². The monoisotopic (exact) mass is 292 g/mol. The van der Waals surface area contributed by atoms with E-state index < -0.39 is 5.97 Å². The Bertz CT molecular complexity index is 340. The lowest BCUT2D eigenvalue weighted by molar-refractivity contribution is -0.131. The second-order valence-corrected chi connectivity index (χ2v) is 5.08. The van der Waals surface area contributed by atoms with E-state index in [2.05, 4.69) is 6.08 Å². The van der Waals surface area contributed by atoms with Gasteiger partial charge in [0, 0.05) is 12.5 Å². The molecule has 0 aromatic carbocycles. The molecule has 0 aliphatic rings. The molecule has 21 heavy (non-hydrogen) atoms. The van der Waals surface area contributed by atoms with E-state index in [4.69, 9.17) is 5.11 Å². The van der Waals surface area contributed by atoms with E-state index in [0.717, 1.165) is 25.2 Å². The summed E-state index contributed by atoms with van der Waals surface area (Å²) >= 11 is 0. The molecule has 0 unspecified atom stereocenters. The van der Waals surface area contributed by atoms with Crippen LogP contribution in [0.3, 0.4) is 0 Å². The van der Waals surface area contributed by atoms with Crippen LogP contribution in [-0.4, -0.2) is 17.4 Å². The number of carboxylic acid groups (broad SMARTS) is 1. The number of aliphatic carboxylic acids is 1. The van der Waals surface area contributed by atoms with Crippen LogP contribution in [0.1, 0.15) is 64.2 Å². The van der Waals surface area contributed by atoms with E-state index in [0.29, 0.717) is 6.42 Å². The van der Waals surface area contributed by atoms with Gasteiger partial charge in [0.25, 0.3) is 0 Å². The highest BCUT2D eigenvalue weighted by Crippen LogP contribution is 2.10. The lowest BCUT2D eigenvalue weighted by Crippen LogP contribution is -1.84. The van der Waals surface area contributed by atoms with Crippen molar-refractivity contribution in [2.45, 2.75) is 64.2 Å². The number of hydrogen-bond donors (Lipinski definition) is 1. The van der Waals surface area contributed by atoms with E-state index in [9.17, 15) is 9.59 Å². The largest absolute Gasteiger partial charge is 0.478 e. The topological polar surface area (TPSA) is 54.4 Å². The van der Waals surface area contributed by atoms with Crippen LogP contribution in [0.5, 0.6) is 0 Å². The molecule has 3 nitrogen and oxygen atoms in total. The summed E-state index contributed by atoms with van der Waals surface area (Å²) in [6, 6.07) is 0. The van der Waals surface area contributed by atoms with Crippen LogP contribution in [-0.2, 0) is 9.59 Å². The first-order valence-electron chi connectivity index (χ1n) is 7.94. The Kier molecular flexibility index (Phi) is 15.1. The van der Waals surface area contributed by atoms with Gasteiger partial charge in [-0.15, -0.1) is 0 Å². The third-order valence-electron chi connectivity index (χ3n) is 3.15. The summed E-state index contributed by atoms with van der Waals surface area (Å²) in [5, 5.41) is 8.38. The van der Waals surface area contributed by atoms with Gasteiger partial charge in [-0.3, -0.25) is 0 Å². The lowest BCUT2D eigenvalue weighted by Gasteiger charge is -2.00. The quantitative estimate of drug-likeness (QED) is 0.216. The first-order valence-corrected chi connectivity index (χ1v) is 7.94. The second-order valence-electron chi connectivity index (χ2n) is 5.08. The van der Waals surface area contributed by atoms with Gasteiger partial charge in [-0.05, 0) is 19.3 Å². The SMILES string of the molecule is O=CCCCCCCCCCCC=CC=CC=CC(=O)O. The smallest absolute Gasteiger partial charge is 0.328 e. The molecule has 0 aliphatic carbocycles. The van der Waals surface area contributed by atoms with Gasteiger partial charge in [0.2, 0.25) is 0 Å². The van der Waals surface area contributed by atoms with Crippen molar-refractivity contribution in [2.24, 2.45) is 0 Å². The normalized spacial score (nSPS) is 11.8. The highest BCUT2D eigenvalue weighted by Gasteiger charge is 1.91. The van der Waals surface area contributed by atoms with Crippen molar-refractivity contribution in [3.05, 3.63) is 36.5 Å². The van der Waals surface area contributed by atoms with E-state index >= 15 is 0 Å². The first-order chi connectivity index (χ1) is 10.3. The molecule has 0 aromatic heterocycles. The van der Waals surface area contributed by atoms with E-state index in [-0.39, 0.29) is 0 Å². The minimum absolute atomic E-state index is 0.715. The highest BCUT2D eigenvalue weighted by atomic mass is 16.4. The summed E-state index contributed by atoms with van der Waals surface area (Å²) in [7, 11) is 0. The Morgan fingerprint density at radius 2 is 1.24 bits per heavy atom. The number of hydrogen-bond acceptors (Lipinski definition) is 2. The third-order valence-corrected chi connectivity index (χ3v) is 3.15. The van der Waals surface area contributed by atoms with Gasteiger partial charge in [-0.1, -0.05) is 68.9 Å². The van der Waals surface area contributed by atoms with Crippen LogP contribution < -0.4 is 0 Å². The third kappa shape index (κ3) is 18.4. The molecule has 1 N–H and O–H groups in total. The molecule has 0 saturated carbocycles. The Hall–Kier alpha value is -1.64. The summed E-state index contributed by atoms with van der Waals surface area (Å²) in [6.07, 6.45) is 22.9. The number of rotatable bonds is 14. The summed E-state index contributed by atoms with van der Waals surface area (Å²) in [5.41, 5.74) is 0. The number of aldehydes is 1. The lowest BCUT2D eigenvalue weighted by atomic mass is 10.1. The molecule has 0 bridgehead atoms. The maximum absolute atomic E-state index is 10.2. The summed E-state index contributed by atoms with van der Waals surface area (Å²) in [6.45, 7) is 0. The molecule has 0 rings (SSSR count). The van der Waals surface area contributed by atoms with Gasteiger partial charge in [0.15, 0.2) is 0 Å². The van der Waals surface area contributed by atoms with E-state index in [1.54, 1.807) is 6.08 Å². The molecule has 3 heteroatoms. The zero-order chi connectivity index (χ0) is 15.6. The molecule has 0 amide bonds. The van der Waals surface area contributed by atoms with E-state index in [1.165, 1.54) is 51.0 Å². The Morgan fingerprint density at radius 3 is 1.81 bits per heavy atom.